The molecule has 0 aliphatic heterocycles. The molecule has 1 heterocycles. The van der Waals surface area contributed by atoms with Crippen molar-refractivity contribution < 1.29 is 9.21 Å². The number of carbonyl (C=O) groups is 1. The number of amides is 1. The summed E-state index contributed by atoms with van der Waals surface area (Å²) in [7, 11) is 0. The Balaban J connectivity index is 1.40. The Hall–Kier alpha value is -2.83. The van der Waals surface area contributed by atoms with E-state index in [2.05, 4.69) is 15.5 Å². The highest BCUT2D eigenvalue weighted by Crippen LogP contribution is 2.26. The van der Waals surface area contributed by atoms with Gasteiger partial charge in [-0.3, -0.25) is 4.79 Å². The van der Waals surface area contributed by atoms with Crippen LogP contribution in [0.3, 0.4) is 0 Å². The average Bonchev–Trinajstić information content (AvgIpc) is 3.16. The molecule has 1 aromatic heterocycles. The predicted molar refractivity (Wildman–Crippen MR) is 108 cm³/mol. The molecule has 0 aliphatic carbocycles. The van der Waals surface area contributed by atoms with E-state index >= 15 is 0 Å². The highest BCUT2D eigenvalue weighted by Gasteiger charge is 2.12. The largest absolute Gasteiger partial charge is 0.411 e. The standard InChI is InChI=1S/C20H14ClN3O2S/c21-15-10-8-14(9-11-15)19-23-24-20(26-19)27-12-18(25)22-17-7-3-5-13-4-1-2-6-16(13)17/h1-11H,12H2,(H,22,25). The lowest BCUT2D eigenvalue weighted by Crippen LogP contribution is -2.14. The number of rotatable bonds is 5. The molecule has 1 amide bonds. The number of anilines is 1. The molecule has 7 heteroatoms. The van der Waals surface area contributed by atoms with Crippen LogP contribution in [0.1, 0.15) is 0 Å². The van der Waals surface area contributed by atoms with Crippen LogP contribution in [0.4, 0.5) is 5.69 Å². The maximum absolute atomic E-state index is 12.3. The van der Waals surface area contributed by atoms with Crippen molar-refractivity contribution in [1.29, 1.82) is 0 Å². The minimum Gasteiger partial charge on any atom is -0.411 e. The summed E-state index contributed by atoms with van der Waals surface area (Å²) >= 11 is 7.07. The molecule has 0 saturated carbocycles. The number of nitrogens with zero attached hydrogens (tertiary/aromatic N) is 2. The van der Waals surface area contributed by atoms with Gasteiger partial charge in [0.1, 0.15) is 0 Å². The number of thioether (sulfide) groups is 1. The Morgan fingerprint density at radius 1 is 1.00 bits per heavy atom. The maximum Gasteiger partial charge on any atom is 0.277 e. The predicted octanol–water partition coefficient (Wildman–Crippen LogP) is 5.27. The number of nitrogens with one attached hydrogen (secondary N) is 1. The fourth-order valence-corrected chi connectivity index (χ4v) is 3.31. The summed E-state index contributed by atoms with van der Waals surface area (Å²) in [4.78, 5) is 12.3. The van der Waals surface area contributed by atoms with Crippen molar-refractivity contribution in [2.45, 2.75) is 5.22 Å². The molecule has 27 heavy (non-hydrogen) atoms. The fourth-order valence-electron chi connectivity index (χ4n) is 2.63. The van der Waals surface area contributed by atoms with E-state index in [4.69, 9.17) is 16.0 Å². The summed E-state index contributed by atoms with van der Waals surface area (Å²) in [5.41, 5.74) is 1.56. The van der Waals surface area contributed by atoms with Crippen LogP contribution in [0.25, 0.3) is 22.2 Å². The third-order valence-electron chi connectivity index (χ3n) is 3.89. The molecule has 4 aromatic rings. The van der Waals surface area contributed by atoms with E-state index in [0.29, 0.717) is 16.1 Å². The molecule has 0 bridgehead atoms. The van der Waals surface area contributed by atoms with Crippen molar-refractivity contribution >= 4 is 45.7 Å². The summed E-state index contributed by atoms with van der Waals surface area (Å²) in [5.74, 6) is 0.428. The normalized spacial score (nSPS) is 10.9. The smallest absolute Gasteiger partial charge is 0.277 e. The highest BCUT2D eigenvalue weighted by atomic mass is 35.5. The minimum atomic E-state index is -0.136. The summed E-state index contributed by atoms with van der Waals surface area (Å²) in [6.45, 7) is 0. The van der Waals surface area contributed by atoms with Crippen LogP contribution in [0.15, 0.2) is 76.4 Å². The van der Waals surface area contributed by atoms with Crippen molar-refractivity contribution in [2.75, 3.05) is 11.1 Å². The lowest BCUT2D eigenvalue weighted by atomic mass is 10.1. The number of benzene rings is 3. The topological polar surface area (TPSA) is 68.0 Å². The summed E-state index contributed by atoms with van der Waals surface area (Å²) in [6.07, 6.45) is 0. The first kappa shape index (κ1) is 17.6. The van der Waals surface area contributed by atoms with Gasteiger partial charge in [-0.15, -0.1) is 10.2 Å². The highest BCUT2D eigenvalue weighted by molar-refractivity contribution is 7.99. The Morgan fingerprint density at radius 2 is 1.78 bits per heavy atom. The average molecular weight is 396 g/mol. The molecule has 4 rings (SSSR count). The monoisotopic (exact) mass is 395 g/mol. The van der Waals surface area contributed by atoms with Crippen molar-refractivity contribution in [3.8, 4) is 11.5 Å². The molecule has 0 atom stereocenters. The van der Waals surface area contributed by atoms with E-state index < -0.39 is 0 Å². The Morgan fingerprint density at radius 3 is 2.63 bits per heavy atom. The van der Waals surface area contributed by atoms with E-state index in [1.807, 2.05) is 42.5 Å². The number of halogens is 1. The van der Waals surface area contributed by atoms with Crippen molar-refractivity contribution in [1.82, 2.24) is 10.2 Å². The number of aromatic nitrogens is 2. The van der Waals surface area contributed by atoms with Crippen LogP contribution in [0, 0.1) is 0 Å². The Labute approximate surface area is 164 Å². The second-order valence-electron chi connectivity index (χ2n) is 5.74. The zero-order valence-electron chi connectivity index (χ0n) is 14.1. The van der Waals surface area contributed by atoms with Crippen molar-refractivity contribution in [3.63, 3.8) is 0 Å². The quantitative estimate of drug-likeness (QED) is 0.466. The molecule has 0 saturated heterocycles. The molecule has 5 nitrogen and oxygen atoms in total. The number of hydrogen-bond donors (Lipinski definition) is 1. The van der Waals surface area contributed by atoms with Gasteiger partial charge in [-0.05, 0) is 35.7 Å². The van der Waals surface area contributed by atoms with Gasteiger partial charge in [0.15, 0.2) is 0 Å². The van der Waals surface area contributed by atoms with Gasteiger partial charge >= 0.3 is 0 Å². The SMILES string of the molecule is O=C(CSc1nnc(-c2ccc(Cl)cc2)o1)Nc1cccc2ccccc12. The van der Waals surface area contributed by atoms with Crippen molar-refractivity contribution in [3.05, 3.63) is 71.8 Å². The van der Waals surface area contributed by atoms with Crippen LogP contribution in [0.5, 0.6) is 0 Å². The fraction of sp³-hybridized carbons (Fsp3) is 0.0500. The van der Waals surface area contributed by atoms with E-state index in [0.717, 1.165) is 22.0 Å². The molecular weight excluding hydrogens is 382 g/mol. The molecule has 0 fully saturated rings. The van der Waals surface area contributed by atoms with Gasteiger partial charge in [0.25, 0.3) is 5.22 Å². The minimum absolute atomic E-state index is 0.136. The van der Waals surface area contributed by atoms with E-state index in [-0.39, 0.29) is 11.7 Å². The Bertz CT molecular complexity index is 1090. The number of hydrogen-bond acceptors (Lipinski definition) is 5. The van der Waals surface area contributed by atoms with Crippen LogP contribution in [0.2, 0.25) is 5.02 Å². The van der Waals surface area contributed by atoms with Crippen molar-refractivity contribution in [2.24, 2.45) is 0 Å². The lowest BCUT2D eigenvalue weighted by Gasteiger charge is -2.07. The Kier molecular flexibility index (Phi) is 5.09. The van der Waals surface area contributed by atoms with Gasteiger partial charge in [-0.2, -0.15) is 0 Å². The molecule has 134 valence electrons. The maximum atomic E-state index is 12.3. The molecule has 0 radical (unpaired) electrons. The van der Waals surface area contributed by atoms with Crippen LogP contribution in [-0.4, -0.2) is 21.9 Å². The van der Waals surface area contributed by atoms with Gasteiger partial charge in [0, 0.05) is 21.7 Å². The zero-order chi connectivity index (χ0) is 18.6. The van der Waals surface area contributed by atoms with Gasteiger partial charge < -0.3 is 9.73 Å². The molecular formula is C20H14ClN3O2S. The third-order valence-corrected chi connectivity index (χ3v) is 4.96. The van der Waals surface area contributed by atoms with Gasteiger partial charge in [-0.25, -0.2) is 0 Å². The van der Waals surface area contributed by atoms with Crippen LogP contribution in [-0.2, 0) is 4.79 Å². The molecule has 0 aliphatic rings. The molecule has 1 N–H and O–H groups in total. The van der Waals surface area contributed by atoms with E-state index in [9.17, 15) is 4.79 Å². The first-order valence-electron chi connectivity index (χ1n) is 8.19. The number of fused-ring (bicyclic) bond motifs is 1. The van der Waals surface area contributed by atoms with E-state index in [1.165, 1.54) is 11.8 Å². The van der Waals surface area contributed by atoms with Gasteiger partial charge in [-0.1, -0.05) is 59.8 Å². The molecule has 0 spiro atoms. The number of carbonyl (C=O) groups excluding carboxylic acids is 1. The second kappa shape index (κ2) is 7.82. The summed E-state index contributed by atoms with van der Waals surface area (Å²) < 4.78 is 5.60. The first-order valence-corrected chi connectivity index (χ1v) is 9.55. The van der Waals surface area contributed by atoms with E-state index in [1.54, 1.807) is 24.3 Å². The molecule has 3 aromatic carbocycles. The van der Waals surface area contributed by atoms with Gasteiger partial charge in [0.2, 0.25) is 11.8 Å². The third kappa shape index (κ3) is 4.13. The summed E-state index contributed by atoms with van der Waals surface area (Å²) in [5, 5.41) is 14.0. The van der Waals surface area contributed by atoms with Crippen LogP contribution < -0.4 is 5.32 Å². The summed E-state index contributed by atoms with van der Waals surface area (Å²) in [6, 6.07) is 20.8. The van der Waals surface area contributed by atoms with Crippen LogP contribution >= 0.6 is 23.4 Å². The second-order valence-corrected chi connectivity index (χ2v) is 7.11. The first-order chi connectivity index (χ1) is 13.2. The molecule has 0 unspecified atom stereocenters. The van der Waals surface area contributed by atoms with Gasteiger partial charge in [0.05, 0.1) is 5.75 Å². The zero-order valence-corrected chi connectivity index (χ0v) is 15.6. The lowest BCUT2D eigenvalue weighted by molar-refractivity contribution is -0.113.